The first kappa shape index (κ1) is 21.9. The minimum atomic E-state index is -1.01. The molecule has 2 heterocycles. The third-order valence-electron chi connectivity index (χ3n) is 5.52. The standard InChI is InChI=1S/C23H26F2N6O/c1-14-4-7-16(8-5-14)31(27)21-20(15-6-9-17(24)18(25)12-15)28-19-13-29(10-11-30(19)21)22(32)23(2,3)26/h4-9,12H,10-11,13,26-27H2,1-3H3. The summed E-state index contributed by atoms with van der Waals surface area (Å²) in [4.78, 5) is 19.0. The van der Waals surface area contributed by atoms with E-state index >= 15 is 0 Å². The molecule has 0 saturated heterocycles. The van der Waals surface area contributed by atoms with E-state index in [4.69, 9.17) is 11.6 Å². The molecule has 7 nitrogen and oxygen atoms in total. The molecule has 0 aliphatic carbocycles. The van der Waals surface area contributed by atoms with Crippen LogP contribution in [0.4, 0.5) is 20.3 Å². The predicted octanol–water partition coefficient (Wildman–Crippen LogP) is 3.23. The first-order valence-corrected chi connectivity index (χ1v) is 10.3. The SMILES string of the molecule is Cc1ccc(N(N)c2c(-c3ccc(F)c(F)c3)nc3n2CCN(C(=O)C(C)(C)N)C3)cc1. The Balaban J connectivity index is 1.82. The van der Waals surface area contributed by atoms with Crippen molar-refractivity contribution >= 4 is 17.4 Å². The Bertz CT molecular complexity index is 1170. The van der Waals surface area contributed by atoms with Crippen LogP contribution in [0.15, 0.2) is 42.5 Å². The van der Waals surface area contributed by atoms with Gasteiger partial charge in [0, 0.05) is 18.7 Å². The van der Waals surface area contributed by atoms with E-state index in [0.717, 1.165) is 17.7 Å². The van der Waals surface area contributed by atoms with Gasteiger partial charge in [-0.15, -0.1) is 0 Å². The van der Waals surface area contributed by atoms with Crippen LogP contribution in [-0.4, -0.2) is 32.4 Å². The highest BCUT2D eigenvalue weighted by Gasteiger charge is 2.33. The molecule has 168 valence electrons. The van der Waals surface area contributed by atoms with Crippen LogP contribution in [0.25, 0.3) is 11.3 Å². The molecule has 4 rings (SSSR count). The van der Waals surface area contributed by atoms with E-state index in [2.05, 4.69) is 4.98 Å². The van der Waals surface area contributed by atoms with Gasteiger partial charge < -0.3 is 15.2 Å². The molecule has 1 aliphatic heterocycles. The summed E-state index contributed by atoms with van der Waals surface area (Å²) in [5, 5.41) is 1.48. The van der Waals surface area contributed by atoms with E-state index in [1.165, 1.54) is 11.1 Å². The number of aryl methyl sites for hydroxylation is 1. The van der Waals surface area contributed by atoms with Crippen LogP contribution in [0.5, 0.6) is 0 Å². The first-order chi connectivity index (χ1) is 15.1. The second-order valence-electron chi connectivity index (χ2n) is 8.63. The number of carbonyl (C=O) groups excluding carboxylic acids is 1. The van der Waals surface area contributed by atoms with Gasteiger partial charge in [-0.25, -0.2) is 19.6 Å². The summed E-state index contributed by atoms with van der Waals surface area (Å²) in [5.74, 6) is 5.53. The molecule has 1 aliphatic rings. The fourth-order valence-electron chi connectivity index (χ4n) is 3.81. The van der Waals surface area contributed by atoms with Crippen LogP contribution in [0.1, 0.15) is 25.2 Å². The monoisotopic (exact) mass is 440 g/mol. The molecule has 0 radical (unpaired) electrons. The largest absolute Gasteiger partial charge is 0.332 e. The van der Waals surface area contributed by atoms with Crippen LogP contribution in [0, 0.1) is 18.6 Å². The summed E-state index contributed by atoms with van der Waals surface area (Å²) in [6, 6.07) is 11.2. The number of amides is 1. The van der Waals surface area contributed by atoms with Crippen LogP contribution < -0.4 is 16.6 Å². The van der Waals surface area contributed by atoms with Crippen molar-refractivity contribution in [3.8, 4) is 11.3 Å². The second-order valence-corrected chi connectivity index (χ2v) is 8.63. The Labute approximate surface area is 185 Å². The van der Waals surface area contributed by atoms with Gasteiger partial charge in [0.05, 0.1) is 17.8 Å². The van der Waals surface area contributed by atoms with Gasteiger partial charge in [-0.3, -0.25) is 9.80 Å². The Hall–Kier alpha value is -3.30. The molecule has 3 aromatic rings. The van der Waals surface area contributed by atoms with Crippen molar-refractivity contribution in [3.05, 3.63) is 65.5 Å². The van der Waals surface area contributed by atoms with Crippen LogP contribution in [0.2, 0.25) is 0 Å². The van der Waals surface area contributed by atoms with Crippen LogP contribution >= 0.6 is 0 Å². The molecular formula is C23H26F2N6O. The lowest BCUT2D eigenvalue weighted by molar-refractivity contribution is -0.137. The highest BCUT2D eigenvalue weighted by Crippen LogP contribution is 2.36. The number of fused-ring (bicyclic) bond motifs is 1. The van der Waals surface area contributed by atoms with Crippen molar-refractivity contribution in [2.24, 2.45) is 11.6 Å². The Kier molecular flexibility index (Phi) is 5.47. The number of hydrogen-bond acceptors (Lipinski definition) is 5. The van der Waals surface area contributed by atoms with E-state index in [0.29, 0.717) is 41.7 Å². The van der Waals surface area contributed by atoms with Gasteiger partial charge >= 0.3 is 0 Å². The normalized spacial score (nSPS) is 13.8. The zero-order valence-corrected chi connectivity index (χ0v) is 18.3. The van der Waals surface area contributed by atoms with E-state index in [1.807, 2.05) is 35.8 Å². The molecular weight excluding hydrogens is 414 g/mol. The lowest BCUT2D eigenvalue weighted by Gasteiger charge is -2.33. The summed E-state index contributed by atoms with van der Waals surface area (Å²) in [6.07, 6.45) is 0. The van der Waals surface area contributed by atoms with Gasteiger partial charge in [-0.1, -0.05) is 17.7 Å². The van der Waals surface area contributed by atoms with Crippen molar-refractivity contribution in [2.75, 3.05) is 11.6 Å². The molecule has 4 N–H and O–H groups in total. The predicted molar refractivity (Wildman–Crippen MR) is 119 cm³/mol. The molecule has 2 aromatic carbocycles. The maximum atomic E-state index is 14.0. The first-order valence-electron chi connectivity index (χ1n) is 10.3. The lowest BCUT2D eigenvalue weighted by Crippen LogP contribution is -2.53. The van der Waals surface area contributed by atoms with E-state index in [-0.39, 0.29) is 12.5 Å². The van der Waals surface area contributed by atoms with Crippen LogP contribution in [0.3, 0.4) is 0 Å². The number of benzene rings is 2. The molecule has 0 bridgehead atoms. The summed E-state index contributed by atoms with van der Waals surface area (Å²) in [5.41, 5.74) is 7.58. The number of aromatic nitrogens is 2. The smallest absolute Gasteiger partial charge is 0.242 e. The maximum Gasteiger partial charge on any atom is 0.242 e. The van der Waals surface area contributed by atoms with Crippen LogP contribution in [-0.2, 0) is 17.9 Å². The topological polar surface area (TPSA) is 93.4 Å². The number of imidazole rings is 1. The average Bonchev–Trinajstić information content (AvgIpc) is 3.13. The van der Waals surface area contributed by atoms with Crippen molar-refractivity contribution in [2.45, 2.75) is 39.4 Å². The molecule has 0 fully saturated rings. The second kappa shape index (κ2) is 7.99. The number of nitrogens with zero attached hydrogens (tertiary/aromatic N) is 4. The van der Waals surface area contributed by atoms with Gasteiger partial charge in [-0.05, 0) is 51.1 Å². The third-order valence-corrected chi connectivity index (χ3v) is 5.52. The Morgan fingerprint density at radius 2 is 1.78 bits per heavy atom. The molecule has 0 atom stereocenters. The van der Waals surface area contributed by atoms with Gasteiger partial charge in [0.15, 0.2) is 17.5 Å². The van der Waals surface area contributed by atoms with Crippen molar-refractivity contribution in [3.63, 3.8) is 0 Å². The zero-order chi connectivity index (χ0) is 23.2. The molecule has 32 heavy (non-hydrogen) atoms. The lowest BCUT2D eigenvalue weighted by atomic mass is 10.1. The quantitative estimate of drug-likeness (QED) is 0.480. The number of nitrogens with two attached hydrogens (primary N) is 2. The summed E-state index contributed by atoms with van der Waals surface area (Å²) >= 11 is 0. The number of hydrazine groups is 1. The molecule has 0 spiro atoms. The van der Waals surface area contributed by atoms with Crippen molar-refractivity contribution in [1.82, 2.24) is 14.5 Å². The van der Waals surface area contributed by atoms with Gasteiger partial charge in [0.25, 0.3) is 0 Å². The maximum absolute atomic E-state index is 14.0. The zero-order valence-electron chi connectivity index (χ0n) is 18.3. The number of hydrogen-bond donors (Lipinski definition) is 2. The van der Waals surface area contributed by atoms with E-state index in [9.17, 15) is 13.6 Å². The van der Waals surface area contributed by atoms with Crippen molar-refractivity contribution in [1.29, 1.82) is 0 Å². The summed E-state index contributed by atoms with van der Waals surface area (Å²) in [6.45, 7) is 6.39. The number of anilines is 2. The van der Waals surface area contributed by atoms with Gasteiger partial charge in [0.2, 0.25) is 5.91 Å². The Morgan fingerprint density at radius 3 is 2.41 bits per heavy atom. The van der Waals surface area contributed by atoms with Crippen molar-refractivity contribution < 1.29 is 13.6 Å². The third kappa shape index (κ3) is 3.96. The molecule has 1 aromatic heterocycles. The van der Waals surface area contributed by atoms with Gasteiger partial charge in [0.1, 0.15) is 11.5 Å². The number of rotatable bonds is 4. The van der Waals surface area contributed by atoms with E-state index in [1.54, 1.807) is 18.7 Å². The summed E-state index contributed by atoms with van der Waals surface area (Å²) < 4.78 is 29.5. The fraction of sp³-hybridized carbons (Fsp3) is 0.304. The summed E-state index contributed by atoms with van der Waals surface area (Å²) in [7, 11) is 0. The van der Waals surface area contributed by atoms with E-state index < -0.39 is 17.2 Å². The molecule has 9 heteroatoms. The molecule has 0 unspecified atom stereocenters. The Morgan fingerprint density at radius 1 is 1.09 bits per heavy atom. The fourth-order valence-corrected chi connectivity index (χ4v) is 3.81. The van der Waals surface area contributed by atoms with Gasteiger partial charge in [-0.2, -0.15) is 0 Å². The number of carbonyl (C=O) groups is 1. The molecule has 1 amide bonds. The highest BCUT2D eigenvalue weighted by atomic mass is 19.2. The minimum Gasteiger partial charge on any atom is -0.332 e. The highest BCUT2D eigenvalue weighted by molar-refractivity contribution is 5.85. The molecule has 0 saturated carbocycles. The minimum absolute atomic E-state index is 0.189. The average molecular weight is 440 g/mol. The number of halogens is 2.